The van der Waals surface area contributed by atoms with Gasteiger partial charge in [0.25, 0.3) is 5.69 Å². The maximum atomic E-state index is 12.8. The first-order chi connectivity index (χ1) is 54.8. The van der Waals surface area contributed by atoms with E-state index in [2.05, 4.69) is 41.2 Å². The third-order valence-electron chi connectivity index (χ3n) is 16.1. The summed E-state index contributed by atoms with van der Waals surface area (Å²) in [5.41, 5.74) is 14.2. The zero-order valence-electron chi connectivity index (χ0n) is 62.0. The Morgan fingerprint density at radius 1 is 0.354 bits per heavy atom. The summed E-state index contributed by atoms with van der Waals surface area (Å²) in [6.45, 7) is 0. The smallest absolute Gasteiger partial charge is 0.269 e. The Morgan fingerprint density at radius 2 is 0.673 bits per heavy atom. The van der Waals surface area contributed by atoms with Crippen LogP contribution in [-0.4, -0.2) is 97.8 Å². The Labute approximate surface area is 667 Å². The number of nitrogens with zero attached hydrogens (tertiary/aromatic N) is 5. The molecule has 0 atom stereocenters. The summed E-state index contributed by atoms with van der Waals surface area (Å²) in [6.07, 6.45) is 19.2. The molecule has 8 aromatic carbocycles. The average molecular weight is 1570 g/mol. The molecule has 0 aliphatic carbocycles. The Kier molecular flexibility index (Phi) is 30.8. The number of nitrogens with two attached hydrogens (primary N) is 1. The third kappa shape index (κ3) is 24.2. The molecule has 113 heavy (non-hydrogen) atoms. The van der Waals surface area contributed by atoms with Crippen LogP contribution in [0.4, 0.5) is 57.4 Å². The highest BCUT2D eigenvalue weighted by Crippen LogP contribution is 2.34. The predicted molar refractivity (Wildman–Crippen MR) is 447 cm³/mol. The summed E-state index contributed by atoms with van der Waals surface area (Å²) in [6, 6.07) is 62.9. The van der Waals surface area contributed by atoms with E-state index < -0.39 is 4.92 Å². The van der Waals surface area contributed by atoms with Gasteiger partial charge >= 0.3 is 0 Å². The second kappa shape index (κ2) is 42.0. The van der Waals surface area contributed by atoms with Crippen LogP contribution in [0.2, 0.25) is 15.1 Å². The minimum Gasteiger partial charge on any atom is -0.495 e. The number of non-ortho nitro benzene ring substituents is 1. The molecule has 4 aromatic heterocycles. The van der Waals surface area contributed by atoms with Crippen LogP contribution in [0.3, 0.4) is 0 Å². The van der Waals surface area contributed by atoms with Gasteiger partial charge in [0.15, 0.2) is 57.6 Å². The molecule has 0 bridgehead atoms. The zero-order valence-corrected chi connectivity index (χ0v) is 64.2. The van der Waals surface area contributed by atoms with Crippen molar-refractivity contribution in [1.82, 2.24) is 19.9 Å². The van der Waals surface area contributed by atoms with Gasteiger partial charge in [-0.15, -0.1) is 0 Å². The number of ether oxygens (including phenoxy) is 7. The molecule has 0 aliphatic heterocycles. The second-order valence-corrected chi connectivity index (χ2v) is 24.8. The quantitative estimate of drug-likeness (QED) is 0.0100. The predicted octanol–water partition coefficient (Wildman–Crippen LogP) is 20.4. The summed E-state index contributed by atoms with van der Waals surface area (Å²) < 4.78 is 36.6. The molecule has 12 rings (SSSR count). The number of carbonyl (C=O) groups excluding carboxylic acids is 4. The normalized spacial score (nSPS) is 10.7. The molecule has 4 heterocycles. The highest BCUT2D eigenvalue weighted by atomic mass is 35.5. The number of anilines is 9. The fourth-order valence-electron chi connectivity index (χ4n) is 10.4. The summed E-state index contributed by atoms with van der Waals surface area (Å²) in [5.74, 6) is 5.19. The minimum atomic E-state index is -0.474. The summed E-state index contributed by atoms with van der Waals surface area (Å²) in [5, 5.41) is 24.8. The largest absolute Gasteiger partial charge is 0.495 e. The summed E-state index contributed by atoms with van der Waals surface area (Å²) in [7, 11) is 10.9. The maximum absolute atomic E-state index is 12.8. The maximum Gasteiger partial charge on any atom is 0.269 e. The van der Waals surface area contributed by atoms with Gasteiger partial charge in [-0.05, 0) is 210 Å². The van der Waals surface area contributed by atoms with Crippen molar-refractivity contribution >= 4 is 140 Å². The number of nitro benzene ring substituents is 1. The summed E-state index contributed by atoms with van der Waals surface area (Å²) in [4.78, 5) is 78.2. The molecule has 0 spiro atoms. The number of hydrogen-bond donors (Lipinski definition) is 5. The Morgan fingerprint density at radius 3 is 1.01 bits per heavy atom. The van der Waals surface area contributed by atoms with Crippen molar-refractivity contribution in [1.29, 1.82) is 0 Å². The Bertz CT molecular complexity index is 5440. The lowest BCUT2D eigenvalue weighted by Gasteiger charge is -2.11. The zero-order chi connectivity index (χ0) is 80.6. The SMILES string of the molecule is COc1ccc(/C=C/C(=O)c2cccnc2Nc2ccc(Cl)cc2)cc1OC.COc1ccc(/C=C/C(=O)c2cccnc2Nc2ccc(Cl)cc2Cl)cc1OC.COc1ccc(/C=C/C(=O)c2cccnc2Nc2ccc([N+](=O)[O-])cc2)cc1OC.COc1ccc(/C=C/C(=O)c2cccnc2Nc2ccccc2)cc1N. The first-order valence-electron chi connectivity index (χ1n) is 34.2. The van der Waals surface area contributed by atoms with Gasteiger partial charge in [-0.2, -0.15) is 0 Å². The minimum absolute atomic E-state index is 0.0178. The number of nitrogen functional groups attached to an aromatic ring is 1. The van der Waals surface area contributed by atoms with Crippen molar-refractivity contribution < 1.29 is 57.3 Å². The van der Waals surface area contributed by atoms with Gasteiger partial charge in [0.1, 0.15) is 29.0 Å². The number of hydrogen-bond acceptors (Lipinski definition) is 22. The van der Waals surface area contributed by atoms with Crippen molar-refractivity contribution in [3.8, 4) is 40.2 Å². The van der Waals surface area contributed by atoms with Crippen LogP contribution in [0.15, 0.2) is 267 Å². The first kappa shape index (κ1) is 82.9. The number of nitrogens with one attached hydrogen (secondary N) is 4. The molecule has 572 valence electrons. The van der Waals surface area contributed by atoms with Crippen LogP contribution in [0.5, 0.6) is 40.2 Å². The lowest BCUT2D eigenvalue weighted by molar-refractivity contribution is -0.384. The number of rotatable bonds is 28. The van der Waals surface area contributed by atoms with Crippen LogP contribution in [0.25, 0.3) is 24.3 Å². The number of methoxy groups -OCH3 is 7. The molecule has 0 aliphatic rings. The van der Waals surface area contributed by atoms with E-state index in [4.69, 9.17) is 73.7 Å². The molecule has 0 saturated heterocycles. The van der Waals surface area contributed by atoms with E-state index >= 15 is 0 Å². The van der Waals surface area contributed by atoms with E-state index in [0.717, 1.165) is 33.6 Å². The van der Waals surface area contributed by atoms with Crippen molar-refractivity contribution in [2.24, 2.45) is 0 Å². The van der Waals surface area contributed by atoms with Gasteiger partial charge in [-0.25, -0.2) is 19.9 Å². The molecule has 26 heteroatoms. The highest BCUT2D eigenvalue weighted by molar-refractivity contribution is 6.36. The van der Waals surface area contributed by atoms with Crippen LogP contribution in [-0.2, 0) is 0 Å². The number of para-hydroxylation sites is 1. The molecule has 12 aromatic rings. The number of carbonyl (C=O) groups is 4. The number of benzene rings is 8. The fraction of sp³-hybridized carbons (Fsp3) is 0.0805. The monoisotopic (exact) mass is 1570 g/mol. The number of aromatic nitrogens is 4. The van der Waals surface area contributed by atoms with Crippen molar-refractivity contribution in [3.63, 3.8) is 0 Å². The molecule has 0 unspecified atom stereocenters. The van der Waals surface area contributed by atoms with Crippen molar-refractivity contribution in [2.45, 2.75) is 0 Å². The summed E-state index contributed by atoms with van der Waals surface area (Å²) >= 11 is 18.1. The van der Waals surface area contributed by atoms with Crippen molar-refractivity contribution in [3.05, 3.63) is 337 Å². The average Bonchev–Trinajstić information content (AvgIpc) is 0.844. The van der Waals surface area contributed by atoms with Crippen LogP contribution < -0.4 is 60.2 Å². The number of allylic oxidation sites excluding steroid dienone is 4. The first-order valence-corrected chi connectivity index (χ1v) is 35.3. The molecule has 0 fully saturated rings. The van der Waals surface area contributed by atoms with E-state index in [0.29, 0.717) is 118 Å². The van der Waals surface area contributed by atoms with Gasteiger partial charge in [-0.3, -0.25) is 29.3 Å². The van der Waals surface area contributed by atoms with Crippen LogP contribution >= 0.6 is 34.8 Å². The standard InChI is InChI=1S/C22H18Cl2N2O3.C22H19ClN2O3.C22H19N3O5.C21H19N3O2/c1-28-20-10-6-14(12-21(20)29-2)5-9-19(27)16-4-3-11-25-22(16)26-18-8-7-15(23)13-17(18)24;1-27-20-12-6-15(14-21(20)28-2)5-11-19(26)18-4-3-13-24-22(18)25-17-9-7-16(23)8-10-17;1-29-20-12-6-15(14-21(20)30-2)5-11-19(26)18-4-3-13-23-22(18)24-16-7-9-17(10-8-16)25(27)28;1-26-20-12-10-15(14-18(20)22)9-11-19(25)17-8-5-13-23-21(17)24-16-6-3-2-4-7-16/h3-13H,1-2H3,(H,25,26);3-14H,1-2H3,(H,24,25);3-14H,1-2H3,(H,23,24);2-14H,22H2,1H3,(H,23,24)/b9-5+;2*11-5+;11-9+. The Balaban J connectivity index is 0.000000173. The lowest BCUT2D eigenvalue weighted by atomic mass is 10.1. The highest BCUT2D eigenvalue weighted by Gasteiger charge is 2.17. The second-order valence-electron chi connectivity index (χ2n) is 23.5. The number of pyridine rings is 4. The van der Waals surface area contributed by atoms with E-state index in [9.17, 15) is 29.3 Å². The molecule has 6 N–H and O–H groups in total. The molecule has 0 amide bonds. The van der Waals surface area contributed by atoms with Gasteiger partial charge in [0, 0.05) is 64.0 Å². The van der Waals surface area contributed by atoms with Gasteiger partial charge in [0.2, 0.25) is 0 Å². The number of nitro groups is 1. The number of ketones is 4. The molecule has 0 radical (unpaired) electrons. The lowest BCUT2D eigenvalue weighted by Crippen LogP contribution is -2.03. The van der Waals surface area contributed by atoms with E-state index in [1.807, 2.05) is 66.7 Å². The Hall–Kier alpha value is -14.1. The molecular weight excluding hydrogens is 1500 g/mol. The van der Waals surface area contributed by atoms with Crippen LogP contribution in [0, 0.1) is 10.1 Å². The molecule has 23 nitrogen and oxygen atoms in total. The van der Waals surface area contributed by atoms with Crippen LogP contribution in [0.1, 0.15) is 63.7 Å². The molecule has 0 saturated carbocycles. The van der Waals surface area contributed by atoms with E-state index in [1.165, 1.54) is 36.4 Å². The van der Waals surface area contributed by atoms with Gasteiger partial charge in [0.05, 0.1) is 93.3 Å². The van der Waals surface area contributed by atoms with Gasteiger partial charge < -0.3 is 60.2 Å². The number of halogens is 3. The fourth-order valence-corrected chi connectivity index (χ4v) is 11.0. The van der Waals surface area contributed by atoms with Crippen molar-refractivity contribution in [2.75, 3.05) is 76.8 Å². The third-order valence-corrected chi connectivity index (χ3v) is 16.9. The van der Waals surface area contributed by atoms with E-state index in [-0.39, 0.29) is 28.8 Å². The molecular formula is C87H75Cl3N10O13. The van der Waals surface area contributed by atoms with Gasteiger partial charge in [-0.1, -0.05) is 102 Å². The topological polar surface area (TPSA) is 302 Å². The van der Waals surface area contributed by atoms with E-state index in [1.54, 1.807) is 238 Å².